The van der Waals surface area contributed by atoms with Crippen molar-refractivity contribution in [2.75, 3.05) is 13.2 Å². The average molecular weight is 805 g/mol. The van der Waals surface area contributed by atoms with E-state index in [9.17, 15) is 9.46 Å². The SMILES string of the molecule is CCCCCCCCCCCCCCCCCCOc1c(C(C)(C)C)cc(CP(=O)(O)OCCCCCCCCCCCCCCCCCC)cc1C(C)(C)C. The maximum absolute atomic E-state index is 13.3. The molecule has 5 heteroatoms. The quantitative estimate of drug-likeness (QED) is 0.0534. The van der Waals surface area contributed by atoms with Gasteiger partial charge in [-0.1, -0.05) is 260 Å². The van der Waals surface area contributed by atoms with E-state index in [4.69, 9.17) is 9.26 Å². The number of unbranched alkanes of at least 4 members (excludes halogenated alkanes) is 30. The molecule has 1 atom stereocenters. The molecule has 0 saturated carbocycles. The summed E-state index contributed by atoms with van der Waals surface area (Å²) in [5.41, 5.74) is 2.79. The fourth-order valence-electron chi connectivity index (χ4n) is 8.01. The Hall–Kier alpha value is -0.830. The molecule has 0 spiro atoms. The van der Waals surface area contributed by atoms with Crippen molar-refractivity contribution in [2.24, 2.45) is 0 Å². The summed E-state index contributed by atoms with van der Waals surface area (Å²) >= 11 is 0. The fourth-order valence-corrected chi connectivity index (χ4v) is 9.16. The molecular weight excluding hydrogens is 708 g/mol. The van der Waals surface area contributed by atoms with Gasteiger partial charge in [-0.3, -0.25) is 4.57 Å². The number of hydrogen-bond acceptors (Lipinski definition) is 3. The van der Waals surface area contributed by atoms with Gasteiger partial charge in [0.05, 0.1) is 19.4 Å². The molecule has 0 aromatic heterocycles. The Labute approximate surface area is 350 Å². The molecule has 1 aromatic carbocycles. The van der Waals surface area contributed by atoms with Crippen LogP contribution in [0.2, 0.25) is 0 Å². The second-order valence-corrected chi connectivity index (χ2v) is 21.5. The van der Waals surface area contributed by atoms with E-state index in [1.54, 1.807) is 0 Å². The summed E-state index contributed by atoms with van der Waals surface area (Å²) in [7, 11) is -3.76. The first-order valence-corrected chi connectivity index (χ1v) is 26.3. The molecule has 1 rings (SSSR count). The van der Waals surface area contributed by atoms with Gasteiger partial charge < -0.3 is 14.2 Å². The van der Waals surface area contributed by atoms with Crippen LogP contribution in [0.3, 0.4) is 0 Å². The molecule has 0 amide bonds. The lowest BCUT2D eigenvalue weighted by Gasteiger charge is -2.31. The van der Waals surface area contributed by atoms with Crippen LogP contribution in [0, 0.1) is 0 Å². The largest absolute Gasteiger partial charge is 0.493 e. The zero-order chi connectivity index (χ0) is 41.4. The monoisotopic (exact) mass is 805 g/mol. The van der Waals surface area contributed by atoms with Crippen molar-refractivity contribution in [3.63, 3.8) is 0 Å². The molecule has 0 saturated heterocycles. The standard InChI is InChI=1S/C51H97O4P/c1-9-11-13-15-17-19-21-23-25-27-29-31-33-35-37-39-41-54-49-47(50(3,4)5)43-46(44-48(49)51(6,7)8)45-56(52,53)55-42-40-38-36-34-32-30-28-26-24-22-20-18-16-14-12-10-2/h43-44H,9-42,45H2,1-8H3,(H,52,53). The summed E-state index contributed by atoms with van der Waals surface area (Å²) in [5.74, 6) is 0.969. The second kappa shape index (κ2) is 33.0. The summed E-state index contributed by atoms with van der Waals surface area (Å²) in [4.78, 5) is 10.9. The lowest BCUT2D eigenvalue weighted by molar-refractivity contribution is 0.251. The number of rotatable bonds is 38. The number of ether oxygens (including phenoxy) is 1. The van der Waals surface area contributed by atoms with Crippen molar-refractivity contribution >= 4 is 7.60 Å². The van der Waals surface area contributed by atoms with Crippen LogP contribution in [-0.4, -0.2) is 18.1 Å². The van der Waals surface area contributed by atoms with Crippen molar-refractivity contribution in [1.29, 1.82) is 0 Å². The zero-order valence-corrected chi connectivity index (χ0v) is 39.9. The van der Waals surface area contributed by atoms with E-state index in [2.05, 4.69) is 67.5 Å². The van der Waals surface area contributed by atoms with Gasteiger partial charge in [0.25, 0.3) is 0 Å². The highest BCUT2D eigenvalue weighted by Crippen LogP contribution is 2.48. The topological polar surface area (TPSA) is 55.8 Å². The van der Waals surface area contributed by atoms with Crippen molar-refractivity contribution in [1.82, 2.24) is 0 Å². The summed E-state index contributed by atoms with van der Waals surface area (Å²) in [6.07, 6.45) is 42.8. The maximum Gasteiger partial charge on any atom is 0.332 e. The van der Waals surface area contributed by atoms with Crippen LogP contribution in [0.25, 0.3) is 0 Å². The molecule has 1 aromatic rings. The highest BCUT2D eigenvalue weighted by molar-refractivity contribution is 7.51. The predicted octanol–water partition coefficient (Wildman–Crippen LogP) is 17.9. The Morgan fingerprint density at radius 1 is 0.446 bits per heavy atom. The molecular formula is C51H97O4P. The van der Waals surface area contributed by atoms with Crippen molar-refractivity contribution < 1.29 is 18.7 Å². The van der Waals surface area contributed by atoms with Crippen LogP contribution < -0.4 is 4.74 Å². The molecule has 1 N–H and O–H groups in total. The van der Waals surface area contributed by atoms with E-state index in [-0.39, 0.29) is 17.0 Å². The van der Waals surface area contributed by atoms with Gasteiger partial charge in [0.1, 0.15) is 5.75 Å². The van der Waals surface area contributed by atoms with Gasteiger partial charge in [-0.15, -0.1) is 0 Å². The minimum atomic E-state index is -3.76. The van der Waals surface area contributed by atoms with Gasteiger partial charge in [-0.25, -0.2) is 0 Å². The zero-order valence-electron chi connectivity index (χ0n) is 39.0. The van der Waals surface area contributed by atoms with Crippen LogP contribution in [0.15, 0.2) is 12.1 Å². The summed E-state index contributed by atoms with van der Waals surface area (Å²) in [6.45, 7) is 18.9. The van der Waals surface area contributed by atoms with E-state index in [0.29, 0.717) is 13.2 Å². The van der Waals surface area contributed by atoms with Gasteiger partial charge in [0.15, 0.2) is 0 Å². The predicted molar refractivity (Wildman–Crippen MR) is 248 cm³/mol. The Kier molecular flexibility index (Phi) is 31.3. The maximum atomic E-state index is 13.3. The molecule has 0 aliphatic heterocycles. The van der Waals surface area contributed by atoms with E-state index in [1.165, 1.54) is 186 Å². The highest BCUT2D eigenvalue weighted by Gasteiger charge is 2.30. The third-order valence-electron chi connectivity index (χ3n) is 11.7. The third kappa shape index (κ3) is 28.6. The van der Waals surface area contributed by atoms with Gasteiger partial charge >= 0.3 is 7.60 Å². The Bertz CT molecular complexity index is 1070. The van der Waals surface area contributed by atoms with Crippen LogP contribution in [0.5, 0.6) is 5.75 Å². The minimum absolute atomic E-state index is 0.0391. The first-order chi connectivity index (χ1) is 26.8. The molecule has 0 radical (unpaired) electrons. The molecule has 330 valence electrons. The van der Waals surface area contributed by atoms with E-state index in [1.807, 2.05) is 0 Å². The van der Waals surface area contributed by atoms with Crippen LogP contribution in [0.4, 0.5) is 0 Å². The first kappa shape index (κ1) is 53.2. The van der Waals surface area contributed by atoms with Gasteiger partial charge in [-0.05, 0) is 29.2 Å². The Balaban J connectivity index is 2.39. The highest BCUT2D eigenvalue weighted by atomic mass is 31.2. The summed E-state index contributed by atoms with van der Waals surface area (Å²) < 4.78 is 25.6. The van der Waals surface area contributed by atoms with Crippen LogP contribution in [0.1, 0.15) is 278 Å². The van der Waals surface area contributed by atoms with Crippen LogP contribution in [-0.2, 0) is 26.1 Å². The van der Waals surface area contributed by atoms with Crippen LogP contribution >= 0.6 is 7.60 Å². The molecule has 0 fully saturated rings. The normalized spacial score (nSPS) is 13.4. The Morgan fingerprint density at radius 2 is 0.714 bits per heavy atom. The number of benzene rings is 1. The first-order valence-electron chi connectivity index (χ1n) is 24.6. The van der Waals surface area contributed by atoms with Crippen molar-refractivity contribution in [3.05, 3.63) is 28.8 Å². The summed E-state index contributed by atoms with van der Waals surface area (Å²) in [5, 5.41) is 0. The summed E-state index contributed by atoms with van der Waals surface area (Å²) in [6, 6.07) is 4.22. The van der Waals surface area contributed by atoms with Crippen molar-refractivity contribution in [2.45, 2.75) is 278 Å². The smallest absolute Gasteiger partial charge is 0.332 e. The average Bonchev–Trinajstić information content (AvgIpc) is 3.13. The fraction of sp³-hybridized carbons (Fsp3) is 0.882. The number of hydrogen-bond donors (Lipinski definition) is 1. The minimum Gasteiger partial charge on any atom is -0.493 e. The molecule has 0 aliphatic rings. The van der Waals surface area contributed by atoms with E-state index >= 15 is 0 Å². The lowest BCUT2D eigenvalue weighted by Crippen LogP contribution is -2.21. The van der Waals surface area contributed by atoms with Gasteiger partial charge in [0.2, 0.25) is 0 Å². The van der Waals surface area contributed by atoms with Gasteiger partial charge in [0, 0.05) is 11.1 Å². The lowest BCUT2D eigenvalue weighted by atomic mass is 9.78. The third-order valence-corrected chi connectivity index (χ3v) is 13.0. The molecule has 0 bridgehead atoms. The molecule has 1 unspecified atom stereocenters. The van der Waals surface area contributed by atoms with Crippen molar-refractivity contribution in [3.8, 4) is 5.75 Å². The van der Waals surface area contributed by atoms with Gasteiger partial charge in [-0.2, -0.15) is 0 Å². The molecule has 4 nitrogen and oxygen atoms in total. The Morgan fingerprint density at radius 3 is 1.00 bits per heavy atom. The molecule has 0 heterocycles. The molecule has 0 aliphatic carbocycles. The molecule has 56 heavy (non-hydrogen) atoms. The van der Waals surface area contributed by atoms with E-state index < -0.39 is 7.60 Å². The second-order valence-electron chi connectivity index (χ2n) is 19.6. The van der Waals surface area contributed by atoms with E-state index in [0.717, 1.165) is 41.7 Å².